The van der Waals surface area contributed by atoms with E-state index in [-0.39, 0.29) is 18.3 Å². The highest BCUT2D eigenvalue weighted by atomic mass is 79.9. The standard InChI is InChI=1S/C19H22BrN9O.ClH/c1-11(18(30)22-8-7-21-2)24-19-25-15-13(5-4-6-14(15)20)17-26-16(27-29(17)19)12-9-23-28(3)10-12;/h4-6,9-11,21H,7-8H2,1-3H3,(H,22,30)(H,24,25);1H/t11-;/m1./s1. The van der Waals surface area contributed by atoms with Gasteiger partial charge in [-0.3, -0.25) is 9.48 Å². The maximum atomic E-state index is 12.4. The van der Waals surface area contributed by atoms with Crippen molar-refractivity contribution in [2.24, 2.45) is 7.05 Å². The molecular formula is C19H23BrClN9O. The van der Waals surface area contributed by atoms with Gasteiger partial charge < -0.3 is 16.0 Å². The van der Waals surface area contributed by atoms with Crippen LogP contribution >= 0.6 is 28.3 Å². The molecule has 0 aliphatic carbocycles. The smallest absolute Gasteiger partial charge is 0.242 e. The molecule has 0 saturated carbocycles. The van der Waals surface area contributed by atoms with E-state index < -0.39 is 6.04 Å². The van der Waals surface area contributed by atoms with Crippen LogP contribution in [0.4, 0.5) is 5.95 Å². The van der Waals surface area contributed by atoms with E-state index in [1.54, 1.807) is 22.3 Å². The van der Waals surface area contributed by atoms with Crippen LogP contribution in [0.25, 0.3) is 27.9 Å². The van der Waals surface area contributed by atoms with Gasteiger partial charge >= 0.3 is 0 Å². The highest BCUT2D eigenvalue weighted by Gasteiger charge is 2.20. The maximum Gasteiger partial charge on any atom is 0.242 e. The Kier molecular flexibility index (Phi) is 7.08. The fraction of sp³-hybridized carbons (Fsp3) is 0.316. The van der Waals surface area contributed by atoms with Crippen LogP contribution in [0.3, 0.4) is 0 Å². The van der Waals surface area contributed by atoms with Crippen LogP contribution in [0.1, 0.15) is 6.92 Å². The molecule has 1 amide bonds. The number of rotatable bonds is 7. The number of para-hydroxylation sites is 1. The van der Waals surface area contributed by atoms with E-state index in [4.69, 9.17) is 9.97 Å². The van der Waals surface area contributed by atoms with E-state index >= 15 is 0 Å². The zero-order valence-electron chi connectivity index (χ0n) is 17.3. The number of hydrogen-bond donors (Lipinski definition) is 3. The van der Waals surface area contributed by atoms with Crippen LogP contribution in [0.15, 0.2) is 35.1 Å². The van der Waals surface area contributed by atoms with Gasteiger partial charge in [0.2, 0.25) is 11.9 Å². The van der Waals surface area contributed by atoms with Crippen molar-refractivity contribution in [2.45, 2.75) is 13.0 Å². The van der Waals surface area contributed by atoms with Crippen LogP contribution < -0.4 is 16.0 Å². The fourth-order valence-corrected chi connectivity index (χ4v) is 3.53. The Morgan fingerprint density at radius 3 is 2.77 bits per heavy atom. The summed E-state index contributed by atoms with van der Waals surface area (Å²) in [5, 5.41) is 18.7. The van der Waals surface area contributed by atoms with Crippen LogP contribution in [0.2, 0.25) is 0 Å². The number of halogens is 2. The first-order chi connectivity index (χ1) is 14.5. The second kappa shape index (κ2) is 9.58. The number of carbonyl (C=O) groups is 1. The molecule has 0 aliphatic rings. The van der Waals surface area contributed by atoms with Gasteiger partial charge in [0.15, 0.2) is 11.5 Å². The minimum atomic E-state index is -0.511. The average Bonchev–Trinajstić information content (AvgIpc) is 3.35. The molecule has 0 saturated heterocycles. The van der Waals surface area contributed by atoms with E-state index in [1.807, 2.05) is 38.5 Å². The number of hydrogen-bond acceptors (Lipinski definition) is 7. The van der Waals surface area contributed by atoms with Crippen LogP contribution in [-0.2, 0) is 11.8 Å². The molecule has 4 aromatic rings. The molecule has 1 atom stereocenters. The summed E-state index contributed by atoms with van der Waals surface area (Å²) in [6, 6.07) is 5.28. The third-order valence-electron chi connectivity index (χ3n) is 4.63. The number of fused-ring (bicyclic) bond motifs is 3. The molecule has 0 unspecified atom stereocenters. The van der Waals surface area contributed by atoms with Crippen molar-refractivity contribution in [3.63, 3.8) is 0 Å². The minimum absolute atomic E-state index is 0. The summed E-state index contributed by atoms with van der Waals surface area (Å²) in [7, 11) is 3.68. The van der Waals surface area contributed by atoms with E-state index in [0.717, 1.165) is 20.9 Å². The van der Waals surface area contributed by atoms with Crippen molar-refractivity contribution in [2.75, 3.05) is 25.5 Å². The Morgan fingerprint density at radius 1 is 1.26 bits per heavy atom. The molecule has 164 valence electrons. The molecule has 3 aromatic heterocycles. The lowest BCUT2D eigenvalue weighted by Crippen LogP contribution is -2.40. The van der Waals surface area contributed by atoms with E-state index in [1.165, 1.54) is 0 Å². The average molecular weight is 509 g/mol. The van der Waals surface area contributed by atoms with Gasteiger partial charge in [-0.05, 0) is 42.0 Å². The molecule has 0 fully saturated rings. The zero-order chi connectivity index (χ0) is 21.3. The summed E-state index contributed by atoms with van der Waals surface area (Å²) in [4.78, 5) is 21.9. The van der Waals surface area contributed by atoms with Crippen LogP contribution in [-0.4, -0.2) is 61.4 Å². The van der Waals surface area contributed by atoms with Gasteiger partial charge in [-0.25, -0.2) is 9.97 Å². The van der Waals surface area contributed by atoms with Gasteiger partial charge in [0.25, 0.3) is 0 Å². The molecular weight excluding hydrogens is 486 g/mol. The van der Waals surface area contributed by atoms with Crippen LogP contribution in [0.5, 0.6) is 0 Å². The number of aromatic nitrogens is 6. The summed E-state index contributed by atoms with van der Waals surface area (Å²) in [6.07, 6.45) is 3.57. The van der Waals surface area contributed by atoms with Crippen molar-refractivity contribution in [1.82, 2.24) is 40.0 Å². The molecule has 0 aliphatic heterocycles. The normalized spacial score (nSPS) is 12.0. The predicted octanol–water partition coefficient (Wildman–Crippen LogP) is 2.00. The van der Waals surface area contributed by atoms with Crippen molar-refractivity contribution in [1.29, 1.82) is 0 Å². The zero-order valence-corrected chi connectivity index (χ0v) is 19.7. The first-order valence-corrected chi connectivity index (χ1v) is 10.3. The predicted molar refractivity (Wildman–Crippen MR) is 125 cm³/mol. The van der Waals surface area contributed by atoms with Gasteiger partial charge in [-0.15, -0.1) is 17.5 Å². The van der Waals surface area contributed by atoms with Crippen LogP contribution in [0, 0.1) is 0 Å². The monoisotopic (exact) mass is 507 g/mol. The number of benzene rings is 1. The first kappa shape index (κ1) is 22.9. The second-order valence-electron chi connectivity index (χ2n) is 6.91. The Morgan fingerprint density at radius 2 is 2.06 bits per heavy atom. The van der Waals surface area contributed by atoms with Crippen molar-refractivity contribution >= 4 is 56.7 Å². The van der Waals surface area contributed by atoms with E-state index in [0.29, 0.717) is 30.5 Å². The third-order valence-corrected chi connectivity index (χ3v) is 5.27. The first-order valence-electron chi connectivity index (χ1n) is 9.51. The quantitative estimate of drug-likeness (QED) is 0.327. The summed E-state index contributed by atoms with van der Waals surface area (Å²) < 4.78 is 4.17. The van der Waals surface area contributed by atoms with Gasteiger partial charge in [0, 0.05) is 36.2 Å². The van der Waals surface area contributed by atoms with Crippen molar-refractivity contribution < 1.29 is 4.79 Å². The highest BCUT2D eigenvalue weighted by molar-refractivity contribution is 9.10. The van der Waals surface area contributed by atoms with Gasteiger partial charge in [0.05, 0.1) is 17.3 Å². The molecule has 12 heteroatoms. The summed E-state index contributed by atoms with van der Waals surface area (Å²) >= 11 is 3.56. The summed E-state index contributed by atoms with van der Waals surface area (Å²) in [5.41, 5.74) is 2.18. The van der Waals surface area contributed by atoms with E-state index in [2.05, 4.69) is 42.1 Å². The topological polar surface area (TPSA) is 114 Å². The molecule has 31 heavy (non-hydrogen) atoms. The highest BCUT2D eigenvalue weighted by Crippen LogP contribution is 2.28. The fourth-order valence-electron chi connectivity index (χ4n) is 3.07. The Labute approximate surface area is 193 Å². The molecule has 1 aromatic carbocycles. The second-order valence-corrected chi connectivity index (χ2v) is 7.76. The van der Waals surface area contributed by atoms with Crippen molar-refractivity contribution in [3.05, 3.63) is 35.1 Å². The number of nitrogens with one attached hydrogen (secondary N) is 3. The summed E-state index contributed by atoms with van der Waals surface area (Å²) in [5.74, 6) is 0.842. The number of carbonyl (C=O) groups excluding carboxylic acids is 1. The molecule has 4 rings (SSSR count). The van der Waals surface area contributed by atoms with Gasteiger partial charge in [-0.2, -0.15) is 9.61 Å². The molecule has 0 bridgehead atoms. The molecule has 3 N–H and O–H groups in total. The Balaban J connectivity index is 0.00000272. The SMILES string of the molecule is CNCCNC(=O)[C@@H](C)Nc1nc2c(Br)cccc2c2nc(-c3cnn(C)c3)nn12.Cl. The lowest BCUT2D eigenvalue weighted by molar-refractivity contribution is -0.121. The number of likely N-dealkylation sites (N-methyl/N-ethyl adjacent to an activating group) is 1. The van der Waals surface area contributed by atoms with Gasteiger partial charge in [0.1, 0.15) is 6.04 Å². The van der Waals surface area contributed by atoms with E-state index in [9.17, 15) is 4.79 Å². The van der Waals surface area contributed by atoms with Gasteiger partial charge in [-0.1, -0.05) is 6.07 Å². The number of nitrogens with zero attached hydrogens (tertiary/aromatic N) is 6. The maximum absolute atomic E-state index is 12.4. The number of anilines is 1. The number of amides is 1. The molecule has 0 spiro atoms. The summed E-state index contributed by atoms with van der Waals surface area (Å²) in [6.45, 7) is 3.02. The lowest BCUT2D eigenvalue weighted by atomic mass is 10.2. The Hall–Kier alpha value is -2.76. The van der Waals surface area contributed by atoms with Crippen molar-refractivity contribution in [3.8, 4) is 11.4 Å². The third kappa shape index (κ3) is 4.63. The Bertz CT molecular complexity index is 1220. The lowest BCUT2D eigenvalue weighted by Gasteiger charge is -2.16. The molecule has 3 heterocycles. The number of aryl methyl sites for hydroxylation is 1. The largest absolute Gasteiger partial charge is 0.353 e. The molecule has 0 radical (unpaired) electrons. The minimum Gasteiger partial charge on any atom is -0.353 e. The molecule has 10 nitrogen and oxygen atoms in total.